The van der Waals surface area contributed by atoms with E-state index in [9.17, 15) is 24.9 Å². The fourth-order valence-electron chi connectivity index (χ4n) is 1.99. The number of phenols is 3. The van der Waals surface area contributed by atoms with Crippen molar-refractivity contribution in [3.63, 3.8) is 0 Å². The van der Waals surface area contributed by atoms with Crippen molar-refractivity contribution < 1.29 is 24.9 Å². The molecule has 2 aromatic carbocycles. The predicted octanol–water partition coefficient (Wildman–Crippen LogP) is 2.64. The molecule has 0 aliphatic carbocycles. The number of nitrogen functional groups attached to an aromatic ring is 1. The number of benzene rings is 2. The highest BCUT2D eigenvalue weighted by Crippen LogP contribution is 2.25. The molecule has 0 saturated heterocycles. The zero-order valence-electron chi connectivity index (χ0n) is 13.2. The Morgan fingerprint density at radius 2 is 1.32 bits per heavy atom. The van der Waals surface area contributed by atoms with E-state index >= 15 is 0 Å². The molecule has 128 valence electrons. The Hall–Kier alpha value is -3.54. The predicted molar refractivity (Wildman–Crippen MR) is 95.0 cm³/mol. The summed E-state index contributed by atoms with van der Waals surface area (Å²) >= 11 is 0. The monoisotopic (exact) mass is 339 g/mol. The van der Waals surface area contributed by atoms with Crippen molar-refractivity contribution in [2.75, 3.05) is 5.73 Å². The minimum atomic E-state index is -0.396. The molecule has 0 aliphatic heterocycles. The van der Waals surface area contributed by atoms with E-state index in [1.807, 2.05) is 0 Å². The molecule has 0 spiro atoms. The van der Waals surface area contributed by atoms with Gasteiger partial charge in [-0.3, -0.25) is 9.59 Å². The smallest absolute Gasteiger partial charge is 0.163 e. The van der Waals surface area contributed by atoms with Gasteiger partial charge >= 0.3 is 0 Å². The summed E-state index contributed by atoms with van der Waals surface area (Å²) in [5.74, 6) is -1.35. The van der Waals surface area contributed by atoms with Gasteiger partial charge in [0.1, 0.15) is 5.75 Å². The van der Waals surface area contributed by atoms with Crippen LogP contribution < -0.4 is 5.73 Å². The Kier molecular flexibility index (Phi) is 5.58. The lowest BCUT2D eigenvalue weighted by atomic mass is 10.1. The molecule has 2 rings (SSSR count). The topological polar surface area (TPSA) is 121 Å². The third-order valence-corrected chi connectivity index (χ3v) is 3.32. The molecule has 0 radical (unpaired) electrons. The maximum absolute atomic E-state index is 11.8. The molecule has 0 aromatic heterocycles. The van der Waals surface area contributed by atoms with Crippen molar-refractivity contribution in [2.45, 2.75) is 6.42 Å². The van der Waals surface area contributed by atoms with Crippen molar-refractivity contribution in [3.05, 3.63) is 59.7 Å². The zero-order valence-corrected chi connectivity index (χ0v) is 13.2. The van der Waals surface area contributed by atoms with Crippen molar-refractivity contribution in [2.24, 2.45) is 0 Å². The van der Waals surface area contributed by atoms with E-state index in [4.69, 9.17) is 5.73 Å². The number of carbonyl (C=O) groups is 2. The highest BCUT2D eigenvalue weighted by atomic mass is 16.3. The van der Waals surface area contributed by atoms with Crippen LogP contribution in [0.25, 0.3) is 12.2 Å². The number of hydrogen-bond acceptors (Lipinski definition) is 6. The highest BCUT2D eigenvalue weighted by Gasteiger charge is 2.05. The van der Waals surface area contributed by atoms with Gasteiger partial charge in [-0.15, -0.1) is 0 Å². The van der Waals surface area contributed by atoms with Gasteiger partial charge < -0.3 is 21.1 Å². The Labute approximate surface area is 144 Å². The number of nitrogens with two attached hydrogens (primary N) is 1. The van der Waals surface area contributed by atoms with Crippen LogP contribution in [0.5, 0.6) is 17.2 Å². The van der Waals surface area contributed by atoms with Crippen molar-refractivity contribution in [1.29, 1.82) is 0 Å². The molecule has 0 atom stereocenters. The number of aromatic hydroxyl groups is 3. The second-order valence-corrected chi connectivity index (χ2v) is 5.34. The molecule has 5 N–H and O–H groups in total. The van der Waals surface area contributed by atoms with E-state index < -0.39 is 5.78 Å². The molecule has 0 heterocycles. The van der Waals surface area contributed by atoms with Crippen LogP contribution in [0, 0.1) is 0 Å². The van der Waals surface area contributed by atoms with Crippen LogP contribution >= 0.6 is 0 Å². The molecule has 0 saturated carbocycles. The summed E-state index contributed by atoms with van der Waals surface area (Å²) in [7, 11) is 0. The van der Waals surface area contributed by atoms with E-state index in [0.717, 1.165) is 0 Å². The van der Waals surface area contributed by atoms with Crippen LogP contribution in [-0.4, -0.2) is 26.9 Å². The Morgan fingerprint density at radius 3 is 1.84 bits per heavy atom. The Balaban J connectivity index is 1.94. The molecule has 0 unspecified atom stereocenters. The summed E-state index contributed by atoms with van der Waals surface area (Å²) in [5.41, 5.74) is 6.91. The van der Waals surface area contributed by atoms with Gasteiger partial charge in [0.2, 0.25) is 0 Å². The molecule has 6 nitrogen and oxygen atoms in total. The number of hydrogen-bond donors (Lipinski definition) is 4. The maximum Gasteiger partial charge on any atom is 0.163 e. The molecule has 0 amide bonds. The molecule has 0 fully saturated rings. The van der Waals surface area contributed by atoms with Crippen LogP contribution in [0.2, 0.25) is 0 Å². The number of phenolic OH excluding ortho intramolecular Hbond substituents is 3. The van der Waals surface area contributed by atoms with E-state index in [2.05, 4.69) is 0 Å². The normalized spacial score (nSPS) is 11.2. The molecule has 6 heteroatoms. The second kappa shape index (κ2) is 7.83. The van der Waals surface area contributed by atoms with Gasteiger partial charge in [0.15, 0.2) is 23.1 Å². The molecule has 2 aromatic rings. The first-order valence-corrected chi connectivity index (χ1v) is 7.37. The first-order chi connectivity index (χ1) is 11.8. The van der Waals surface area contributed by atoms with Crippen molar-refractivity contribution >= 4 is 29.4 Å². The summed E-state index contributed by atoms with van der Waals surface area (Å²) in [6, 6.07) is 8.65. The summed E-state index contributed by atoms with van der Waals surface area (Å²) in [6.45, 7) is 0. The number of allylic oxidation sites excluding steroid dienone is 2. The van der Waals surface area contributed by atoms with Crippen LogP contribution in [0.4, 0.5) is 5.69 Å². The second-order valence-electron chi connectivity index (χ2n) is 5.34. The van der Waals surface area contributed by atoms with Crippen molar-refractivity contribution in [3.8, 4) is 17.2 Å². The number of rotatable bonds is 6. The third kappa shape index (κ3) is 5.24. The molecule has 0 bridgehead atoms. The van der Waals surface area contributed by atoms with E-state index in [1.54, 1.807) is 6.07 Å². The lowest BCUT2D eigenvalue weighted by molar-refractivity contribution is -0.121. The van der Waals surface area contributed by atoms with Gasteiger partial charge in [-0.25, -0.2) is 0 Å². The van der Waals surface area contributed by atoms with E-state index in [1.165, 1.54) is 54.6 Å². The Bertz CT molecular complexity index is 797. The lowest BCUT2D eigenvalue weighted by Crippen LogP contribution is -2.01. The largest absolute Gasteiger partial charge is 0.506 e. The highest BCUT2D eigenvalue weighted by molar-refractivity contribution is 6.10. The quantitative estimate of drug-likeness (QED) is 0.278. The van der Waals surface area contributed by atoms with Gasteiger partial charge in [-0.05, 0) is 47.5 Å². The van der Waals surface area contributed by atoms with Gasteiger partial charge in [0.05, 0.1) is 12.1 Å². The number of ketones is 2. The van der Waals surface area contributed by atoms with Gasteiger partial charge in [0.25, 0.3) is 0 Å². The number of carbonyl (C=O) groups excluding carboxylic acids is 2. The van der Waals surface area contributed by atoms with Gasteiger partial charge in [0, 0.05) is 0 Å². The van der Waals surface area contributed by atoms with Crippen LogP contribution in [0.15, 0.2) is 48.6 Å². The zero-order chi connectivity index (χ0) is 18.4. The SMILES string of the molecule is Nc1cc(/C=C/C(=O)CC(=O)/C=C/c2ccc(O)c(O)c2)ccc1O. The van der Waals surface area contributed by atoms with Crippen LogP contribution in [0.1, 0.15) is 17.5 Å². The van der Waals surface area contributed by atoms with Gasteiger partial charge in [-0.2, -0.15) is 0 Å². The summed E-state index contributed by atoms with van der Waals surface area (Å²) in [4.78, 5) is 23.6. The van der Waals surface area contributed by atoms with E-state index in [-0.39, 0.29) is 35.1 Å². The third-order valence-electron chi connectivity index (χ3n) is 3.32. The molecular weight excluding hydrogens is 322 g/mol. The summed E-state index contributed by atoms with van der Waals surface area (Å²) in [5, 5.41) is 27.9. The first-order valence-electron chi connectivity index (χ1n) is 7.37. The van der Waals surface area contributed by atoms with Crippen molar-refractivity contribution in [1.82, 2.24) is 0 Å². The number of anilines is 1. The van der Waals surface area contributed by atoms with Gasteiger partial charge in [-0.1, -0.05) is 24.3 Å². The summed E-state index contributed by atoms with van der Waals surface area (Å²) in [6.07, 6.45) is 5.15. The summed E-state index contributed by atoms with van der Waals surface area (Å²) < 4.78 is 0. The standard InChI is InChI=1S/C19H17NO5/c20-16-9-12(3-7-17(16)23)1-5-14(21)11-15(22)6-2-13-4-8-18(24)19(25)10-13/h1-10,23-25H,11,20H2/b5-1+,6-2+. The fraction of sp³-hybridized carbons (Fsp3) is 0.0526. The van der Waals surface area contributed by atoms with Crippen LogP contribution in [-0.2, 0) is 9.59 Å². The average Bonchev–Trinajstić information content (AvgIpc) is 2.57. The Morgan fingerprint density at radius 1 is 0.800 bits per heavy atom. The molecule has 25 heavy (non-hydrogen) atoms. The fourth-order valence-corrected chi connectivity index (χ4v) is 1.99. The molecular formula is C19H17NO5. The van der Waals surface area contributed by atoms with E-state index in [0.29, 0.717) is 11.1 Å². The lowest BCUT2D eigenvalue weighted by Gasteiger charge is -1.99. The average molecular weight is 339 g/mol. The first kappa shape index (κ1) is 17.8. The minimum absolute atomic E-state index is 0.0379. The van der Waals surface area contributed by atoms with Crippen LogP contribution in [0.3, 0.4) is 0 Å². The minimum Gasteiger partial charge on any atom is -0.506 e. The molecule has 0 aliphatic rings. The maximum atomic E-state index is 11.8.